The molecule has 1 aliphatic heterocycles. The van der Waals surface area contributed by atoms with Gasteiger partial charge in [-0.25, -0.2) is 4.85 Å². The average molecular weight is 482 g/mol. The van der Waals surface area contributed by atoms with E-state index in [0.29, 0.717) is 11.3 Å². The van der Waals surface area contributed by atoms with Crippen LogP contribution in [-0.4, -0.2) is 35.2 Å². The maximum Gasteiger partial charge on any atom is 0.187 e. The third-order valence-corrected chi connectivity index (χ3v) is 7.91. The lowest BCUT2D eigenvalue weighted by molar-refractivity contribution is 0.748. The number of nitriles is 1. The minimum absolute atomic E-state index is 0.563. The fraction of sp³-hybridized carbons (Fsp3) is 0.188. The van der Waals surface area contributed by atoms with Gasteiger partial charge in [0.05, 0.1) is 23.6 Å². The molecule has 180 valence electrons. The second kappa shape index (κ2) is 7.88. The van der Waals surface area contributed by atoms with Crippen LogP contribution in [0.3, 0.4) is 0 Å². The molecule has 0 atom stereocenters. The summed E-state index contributed by atoms with van der Waals surface area (Å²) in [6, 6.07) is 27.7. The minimum atomic E-state index is -0.563. The quantitative estimate of drug-likeness (QED) is 0.264. The SMILES string of the molecule is [C-]#[N+]c1ccc2c(c1)-c1cc(C#N)ccc1C21c2ccc(N(C)C)cc2N(C)c2cc(N(C)C)ccc21. The van der Waals surface area contributed by atoms with Crippen LogP contribution in [0.25, 0.3) is 16.0 Å². The third kappa shape index (κ3) is 2.95. The van der Waals surface area contributed by atoms with Crippen LogP contribution in [0.15, 0.2) is 72.8 Å². The molecule has 0 saturated heterocycles. The first kappa shape index (κ1) is 22.7. The Hall–Kier alpha value is -4.74. The summed E-state index contributed by atoms with van der Waals surface area (Å²) < 4.78 is 0. The van der Waals surface area contributed by atoms with Crippen LogP contribution in [0, 0.1) is 17.9 Å². The van der Waals surface area contributed by atoms with Crippen molar-refractivity contribution in [2.45, 2.75) is 5.41 Å². The maximum atomic E-state index is 9.72. The molecule has 0 N–H and O–H groups in total. The van der Waals surface area contributed by atoms with Gasteiger partial charge in [0.1, 0.15) is 0 Å². The second-order valence-corrected chi connectivity index (χ2v) is 10.2. The van der Waals surface area contributed by atoms with Crippen LogP contribution in [0.2, 0.25) is 0 Å². The van der Waals surface area contributed by atoms with Crippen molar-refractivity contribution in [3.05, 3.63) is 112 Å². The van der Waals surface area contributed by atoms with Gasteiger partial charge in [-0.3, -0.25) is 0 Å². The molecule has 0 unspecified atom stereocenters. The predicted molar refractivity (Wildman–Crippen MR) is 151 cm³/mol. The molecule has 1 aliphatic carbocycles. The summed E-state index contributed by atoms with van der Waals surface area (Å²) >= 11 is 0. The number of anilines is 4. The summed E-state index contributed by atoms with van der Waals surface area (Å²) in [5, 5.41) is 9.72. The molecule has 1 heterocycles. The van der Waals surface area contributed by atoms with E-state index in [0.717, 1.165) is 45.0 Å². The molecule has 0 radical (unpaired) electrons. The Bertz CT molecular complexity index is 1560. The van der Waals surface area contributed by atoms with E-state index in [4.69, 9.17) is 6.57 Å². The summed E-state index contributed by atoms with van der Waals surface area (Å²) in [6.07, 6.45) is 0. The second-order valence-electron chi connectivity index (χ2n) is 10.2. The van der Waals surface area contributed by atoms with Crippen LogP contribution in [0.1, 0.15) is 27.8 Å². The van der Waals surface area contributed by atoms with Crippen molar-refractivity contribution in [1.29, 1.82) is 5.26 Å². The molecule has 1 spiro atoms. The number of hydrogen-bond acceptors (Lipinski definition) is 4. The molecule has 0 fully saturated rings. The summed E-state index contributed by atoms with van der Waals surface area (Å²) in [6.45, 7) is 7.65. The molecule has 4 aromatic rings. The fourth-order valence-corrected chi connectivity index (χ4v) is 6.10. The van der Waals surface area contributed by atoms with E-state index in [2.05, 4.69) is 109 Å². The van der Waals surface area contributed by atoms with Gasteiger partial charge in [0.2, 0.25) is 0 Å². The van der Waals surface area contributed by atoms with Crippen LogP contribution in [0.5, 0.6) is 0 Å². The van der Waals surface area contributed by atoms with Crippen molar-refractivity contribution in [3.63, 3.8) is 0 Å². The van der Waals surface area contributed by atoms with Gasteiger partial charge in [-0.1, -0.05) is 30.3 Å². The molecule has 37 heavy (non-hydrogen) atoms. The average Bonchev–Trinajstić information content (AvgIpc) is 3.20. The van der Waals surface area contributed by atoms with Crippen molar-refractivity contribution in [3.8, 4) is 17.2 Å². The lowest BCUT2D eigenvalue weighted by atomic mass is 9.64. The Morgan fingerprint density at radius 2 is 1.24 bits per heavy atom. The zero-order valence-electron chi connectivity index (χ0n) is 21.7. The zero-order valence-corrected chi connectivity index (χ0v) is 21.7. The van der Waals surface area contributed by atoms with Crippen molar-refractivity contribution >= 4 is 28.4 Å². The first-order valence-electron chi connectivity index (χ1n) is 12.3. The molecule has 2 aliphatic rings. The lowest BCUT2D eigenvalue weighted by Crippen LogP contribution is -2.36. The van der Waals surface area contributed by atoms with E-state index in [1.54, 1.807) is 0 Å². The van der Waals surface area contributed by atoms with Gasteiger partial charge >= 0.3 is 0 Å². The van der Waals surface area contributed by atoms with E-state index >= 15 is 0 Å². The predicted octanol–water partition coefficient (Wildman–Crippen LogP) is 6.69. The van der Waals surface area contributed by atoms with Crippen LogP contribution in [-0.2, 0) is 5.41 Å². The van der Waals surface area contributed by atoms with Gasteiger partial charge in [-0.2, -0.15) is 5.26 Å². The Labute approximate surface area is 218 Å². The highest BCUT2D eigenvalue weighted by Gasteiger charge is 2.51. The minimum Gasteiger partial charge on any atom is -0.378 e. The highest BCUT2D eigenvalue weighted by atomic mass is 15.1. The smallest absolute Gasteiger partial charge is 0.187 e. The molecule has 5 heteroatoms. The summed E-state index contributed by atoms with van der Waals surface area (Å²) in [7, 11) is 10.4. The molecule has 0 amide bonds. The summed E-state index contributed by atoms with van der Waals surface area (Å²) in [5.41, 5.74) is 12.0. The highest BCUT2D eigenvalue weighted by Crippen LogP contribution is 2.63. The Kier molecular flexibility index (Phi) is 4.84. The topological polar surface area (TPSA) is 37.9 Å². The van der Waals surface area contributed by atoms with Gasteiger partial charge in [-0.05, 0) is 75.8 Å². The van der Waals surface area contributed by atoms with Gasteiger partial charge in [-0.15, -0.1) is 0 Å². The molecular weight excluding hydrogens is 454 g/mol. The molecule has 0 bridgehead atoms. The fourth-order valence-electron chi connectivity index (χ4n) is 6.10. The van der Waals surface area contributed by atoms with Crippen molar-refractivity contribution in [1.82, 2.24) is 0 Å². The standard InChI is InChI=1S/C32H27N5/c1-34-21-8-12-27-25(16-21)24-15-20(19-33)7-11-26(24)32(27)28-13-9-22(35(2)3)17-30(28)37(6)31-18-23(36(4)5)10-14-29(31)32/h7-18H,2-6H3. The molecule has 4 aromatic carbocycles. The van der Waals surface area contributed by atoms with Gasteiger partial charge in [0.25, 0.3) is 0 Å². The monoisotopic (exact) mass is 481 g/mol. The third-order valence-electron chi connectivity index (χ3n) is 7.91. The van der Waals surface area contributed by atoms with Crippen molar-refractivity contribution in [2.75, 3.05) is 49.9 Å². The number of benzene rings is 4. The first-order chi connectivity index (χ1) is 17.8. The Morgan fingerprint density at radius 3 is 1.76 bits per heavy atom. The molecule has 6 rings (SSSR count). The Balaban J connectivity index is 1.80. The van der Waals surface area contributed by atoms with Gasteiger partial charge in [0, 0.05) is 58.0 Å². The summed E-state index contributed by atoms with van der Waals surface area (Å²) in [4.78, 5) is 10.3. The van der Waals surface area contributed by atoms with E-state index in [9.17, 15) is 5.26 Å². The zero-order chi connectivity index (χ0) is 26.1. The largest absolute Gasteiger partial charge is 0.378 e. The van der Waals surface area contributed by atoms with Crippen molar-refractivity contribution in [2.24, 2.45) is 0 Å². The van der Waals surface area contributed by atoms with Crippen molar-refractivity contribution < 1.29 is 0 Å². The van der Waals surface area contributed by atoms with Gasteiger partial charge in [0.15, 0.2) is 5.69 Å². The van der Waals surface area contributed by atoms with E-state index in [-0.39, 0.29) is 0 Å². The normalized spacial score (nSPS) is 13.6. The number of rotatable bonds is 2. The van der Waals surface area contributed by atoms with Crippen LogP contribution >= 0.6 is 0 Å². The molecular formula is C32H27N5. The first-order valence-corrected chi connectivity index (χ1v) is 12.3. The van der Waals surface area contributed by atoms with E-state index in [1.807, 2.05) is 24.3 Å². The number of nitrogens with zero attached hydrogens (tertiary/aromatic N) is 5. The number of hydrogen-bond donors (Lipinski definition) is 0. The van der Waals surface area contributed by atoms with E-state index in [1.165, 1.54) is 11.1 Å². The lowest BCUT2D eigenvalue weighted by Gasteiger charge is -2.44. The molecule has 0 aromatic heterocycles. The number of fused-ring (bicyclic) bond motifs is 9. The van der Waals surface area contributed by atoms with Gasteiger partial charge < -0.3 is 14.7 Å². The van der Waals surface area contributed by atoms with Crippen LogP contribution in [0.4, 0.5) is 28.4 Å². The molecule has 0 saturated carbocycles. The highest BCUT2D eigenvalue weighted by molar-refractivity contribution is 5.95. The molecule has 5 nitrogen and oxygen atoms in total. The summed E-state index contributed by atoms with van der Waals surface area (Å²) in [5.74, 6) is 0. The van der Waals surface area contributed by atoms with Crippen LogP contribution < -0.4 is 14.7 Å². The Morgan fingerprint density at radius 1 is 0.730 bits per heavy atom. The maximum absolute atomic E-state index is 9.72. The van der Waals surface area contributed by atoms with E-state index < -0.39 is 5.41 Å².